The molecule has 1 saturated heterocycles. The standard InChI is InChI=1S/C18H27NO3/c1-4-21-16-7-5-15(6-8-16)13-18(20)19-11-9-17(10-12-19)22-14(2)3/h5-8,14,17H,4,9-13H2,1-3H3. The van der Waals surface area contributed by atoms with Crippen LogP contribution in [0.25, 0.3) is 0 Å². The van der Waals surface area contributed by atoms with Crippen LogP contribution < -0.4 is 4.74 Å². The summed E-state index contributed by atoms with van der Waals surface area (Å²) in [6, 6.07) is 7.79. The van der Waals surface area contributed by atoms with Gasteiger partial charge in [-0.25, -0.2) is 0 Å². The molecule has 1 aromatic rings. The quantitative estimate of drug-likeness (QED) is 0.811. The van der Waals surface area contributed by atoms with Gasteiger partial charge in [0.15, 0.2) is 0 Å². The van der Waals surface area contributed by atoms with Crippen molar-refractivity contribution >= 4 is 5.91 Å². The predicted octanol–water partition coefficient (Wildman–Crippen LogP) is 3.04. The number of rotatable bonds is 6. The second-order valence-corrected chi connectivity index (χ2v) is 6.02. The third kappa shape index (κ3) is 5.02. The zero-order chi connectivity index (χ0) is 15.9. The molecule has 0 saturated carbocycles. The Labute approximate surface area is 133 Å². The fourth-order valence-corrected chi connectivity index (χ4v) is 2.78. The Morgan fingerprint density at radius 2 is 1.86 bits per heavy atom. The van der Waals surface area contributed by atoms with Crippen LogP contribution in [0.1, 0.15) is 39.2 Å². The maximum atomic E-state index is 12.4. The third-order valence-corrected chi connectivity index (χ3v) is 3.85. The van der Waals surface area contributed by atoms with Crippen molar-refractivity contribution in [2.45, 2.75) is 52.2 Å². The van der Waals surface area contributed by atoms with Crippen molar-refractivity contribution in [1.29, 1.82) is 0 Å². The number of amides is 1. The van der Waals surface area contributed by atoms with Crippen molar-refractivity contribution < 1.29 is 14.3 Å². The first-order valence-electron chi connectivity index (χ1n) is 8.23. The Bertz CT molecular complexity index is 462. The largest absolute Gasteiger partial charge is 0.494 e. The molecular formula is C18H27NO3. The molecule has 0 N–H and O–H groups in total. The average molecular weight is 305 g/mol. The minimum Gasteiger partial charge on any atom is -0.494 e. The van der Waals surface area contributed by atoms with E-state index in [0.29, 0.717) is 19.1 Å². The molecule has 1 fully saturated rings. The summed E-state index contributed by atoms with van der Waals surface area (Å²) in [4.78, 5) is 14.3. The van der Waals surface area contributed by atoms with Gasteiger partial charge in [0.2, 0.25) is 5.91 Å². The molecule has 4 heteroatoms. The van der Waals surface area contributed by atoms with Crippen LogP contribution in [0.15, 0.2) is 24.3 Å². The second-order valence-electron chi connectivity index (χ2n) is 6.02. The van der Waals surface area contributed by atoms with Gasteiger partial charge < -0.3 is 14.4 Å². The number of nitrogens with zero attached hydrogens (tertiary/aromatic N) is 1. The summed E-state index contributed by atoms with van der Waals surface area (Å²) in [7, 11) is 0. The first-order valence-corrected chi connectivity index (χ1v) is 8.23. The number of hydrogen-bond acceptors (Lipinski definition) is 3. The fraction of sp³-hybridized carbons (Fsp3) is 0.611. The summed E-state index contributed by atoms with van der Waals surface area (Å²) in [5.74, 6) is 1.05. The van der Waals surface area contributed by atoms with Crippen molar-refractivity contribution in [3.8, 4) is 5.75 Å². The molecule has 2 rings (SSSR count). The predicted molar refractivity (Wildman–Crippen MR) is 87.1 cm³/mol. The molecule has 0 bridgehead atoms. The Morgan fingerprint density at radius 3 is 2.41 bits per heavy atom. The van der Waals surface area contributed by atoms with Gasteiger partial charge in [-0.1, -0.05) is 12.1 Å². The zero-order valence-corrected chi connectivity index (χ0v) is 13.9. The normalized spacial score (nSPS) is 16.1. The van der Waals surface area contributed by atoms with Gasteiger partial charge in [-0.3, -0.25) is 4.79 Å². The van der Waals surface area contributed by atoms with Crippen LogP contribution in [0, 0.1) is 0 Å². The molecule has 4 nitrogen and oxygen atoms in total. The van der Waals surface area contributed by atoms with Gasteiger partial charge >= 0.3 is 0 Å². The molecule has 1 amide bonds. The van der Waals surface area contributed by atoms with Crippen molar-refractivity contribution in [3.63, 3.8) is 0 Å². The third-order valence-electron chi connectivity index (χ3n) is 3.85. The average Bonchev–Trinajstić information content (AvgIpc) is 2.49. The fourth-order valence-electron chi connectivity index (χ4n) is 2.78. The first kappa shape index (κ1) is 16.8. The molecule has 0 radical (unpaired) electrons. The number of likely N-dealkylation sites (tertiary alicyclic amines) is 1. The van der Waals surface area contributed by atoms with Crippen LogP contribution in [-0.2, 0) is 16.0 Å². The topological polar surface area (TPSA) is 38.8 Å². The molecular weight excluding hydrogens is 278 g/mol. The van der Waals surface area contributed by atoms with E-state index in [0.717, 1.165) is 37.2 Å². The van der Waals surface area contributed by atoms with E-state index in [2.05, 4.69) is 13.8 Å². The highest BCUT2D eigenvalue weighted by Crippen LogP contribution is 2.17. The number of carbonyl (C=O) groups is 1. The van der Waals surface area contributed by atoms with Gasteiger partial charge in [0, 0.05) is 13.1 Å². The maximum absolute atomic E-state index is 12.4. The minimum atomic E-state index is 0.201. The number of hydrogen-bond donors (Lipinski definition) is 0. The SMILES string of the molecule is CCOc1ccc(CC(=O)N2CCC(OC(C)C)CC2)cc1. The van der Waals surface area contributed by atoms with E-state index >= 15 is 0 Å². The summed E-state index contributed by atoms with van der Waals surface area (Å²) < 4.78 is 11.2. The van der Waals surface area contributed by atoms with Crippen molar-refractivity contribution in [1.82, 2.24) is 4.90 Å². The highest BCUT2D eigenvalue weighted by molar-refractivity contribution is 5.78. The van der Waals surface area contributed by atoms with Gasteiger partial charge in [-0.2, -0.15) is 0 Å². The lowest BCUT2D eigenvalue weighted by Gasteiger charge is -2.33. The number of carbonyl (C=O) groups excluding carboxylic acids is 1. The molecule has 0 spiro atoms. The first-order chi connectivity index (χ1) is 10.6. The summed E-state index contributed by atoms with van der Waals surface area (Å²) in [5, 5.41) is 0. The lowest BCUT2D eigenvalue weighted by molar-refractivity contribution is -0.133. The molecule has 0 aliphatic carbocycles. The molecule has 0 unspecified atom stereocenters. The molecule has 0 aromatic heterocycles. The Morgan fingerprint density at radius 1 is 1.23 bits per heavy atom. The van der Waals surface area contributed by atoms with Crippen LogP contribution >= 0.6 is 0 Å². The molecule has 0 atom stereocenters. The number of benzene rings is 1. The van der Waals surface area contributed by atoms with E-state index in [9.17, 15) is 4.79 Å². The molecule has 122 valence electrons. The van der Waals surface area contributed by atoms with Crippen molar-refractivity contribution in [2.24, 2.45) is 0 Å². The van der Waals surface area contributed by atoms with Crippen LogP contribution in [-0.4, -0.2) is 42.7 Å². The van der Waals surface area contributed by atoms with Crippen LogP contribution in [0.4, 0.5) is 0 Å². The molecule has 1 aromatic carbocycles. The van der Waals surface area contributed by atoms with Crippen LogP contribution in [0.2, 0.25) is 0 Å². The van der Waals surface area contributed by atoms with Gasteiger partial charge in [0.1, 0.15) is 5.75 Å². The van der Waals surface area contributed by atoms with Crippen LogP contribution in [0.3, 0.4) is 0 Å². The van der Waals surface area contributed by atoms with E-state index < -0.39 is 0 Å². The van der Waals surface area contributed by atoms with E-state index in [4.69, 9.17) is 9.47 Å². The zero-order valence-electron chi connectivity index (χ0n) is 13.9. The van der Waals surface area contributed by atoms with Crippen molar-refractivity contribution in [3.05, 3.63) is 29.8 Å². The van der Waals surface area contributed by atoms with Gasteiger partial charge in [-0.05, 0) is 51.3 Å². The monoisotopic (exact) mass is 305 g/mol. The Hall–Kier alpha value is -1.55. The van der Waals surface area contributed by atoms with E-state index in [1.807, 2.05) is 36.1 Å². The number of piperidine rings is 1. The van der Waals surface area contributed by atoms with E-state index in [1.54, 1.807) is 0 Å². The maximum Gasteiger partial charge on any atom is 0.226 e. The highest BCUT2D eigenvalue weighted by atomic mass is 16.5. The molecule has 22 heavy (non-hydrogen) atoms. The van der Waals surface area contributed by atoms with Crippen LogP contribution in [0.5, 0.6) is 5.75 Å². The van der Waals surface area contributed by atoms with E-state index in [-0.39, 0.29) is 12.0 Å². The molecule has 1 aliphatic rings. The van der Waals surface area contributed by atoms with E-state index in [1.165, 1.54) is 0 Å². The highest BCUT2D eigenvalue weighted by Gasteiger charge is 2.23. The smallest absolute Gasteiger partial charge is 0.226 e. The van der Waals surface area contributed by atoms with Gasteiger partial charge in [0.05, 0.1) is 25.2 Å². The summed E-state index contributed by atoms with van der Waals surface area (Å²) >= 11 is 0. The molecule has 1 aliphatic heterocycles. The second kappa shape index (κ2) is 8.18. The minimum absolute atomic E-state index is 0.201. The summed E-state index contributed by atoms with van der Waals surface area (Å²) in [6.07, 6.45) is 2.90. The molecule has 1 heterocycles. The summed E-state index contributed by atoms with van der Waals surface area (Å²) in [6.45, 7) is 8.34. The van der Waals surface area contributed by atoms with Gasteiger partial charge in [0.25, 0.3) is 0 Å². The van der Waals surface area contributed by atoms with Crippen molar-refractivity contribution in [2.75, 3.05) is 19.7 Å². The lowest BCUT2D eigenvalue weighted by Crippen LogP contribution is -2.42. The van der Waals surface area contributed by atoms with Gasteiger partial charge in [-0.15, -0.1) is 0 Å². The number of ether oxygens (including phenoxy) is 2. The summed E-state index contributed by atoms with van der Waals surface area (Å²) in [5.41, 5.74) is 1.04. The lowest BCUT2D eigenvalue weighted by atomic mass is 10.1. The Balaban J connectivity index is 1.80. The Kier molecular flexibility index (Phi) is 6.25.